The highest BCUT2D eigenvalue weighted by Crippen LogP contribution is 2.39. The lowest BCUT2D eigenvalue weighted by atomic mass is 9.92. The number of nitrogens with one attached hydrogen (secondary N) is 1. The van der Waals surface area contributed by atoms with Gasteiger partial charge in [-0.25, -0.2) is 9.78 Å². The monoisotopic (exact) mass is 337 g/mol. The molecule has 0 aromatic carbocycles. The van der Waals surface area contributed by atoms with Crippen LogP contribution in [0.3, 0.4) is 0 Å². The van der Waals surface area contributed by atoms with E-state index in [1.165, 1.54) is 0 Å². The van der Waals surface area contributed by atoms with Gasteiger partial charge in [-0.3, -0.25) is 0 Å². The molecule has 6 heteroatoms. The van der Waals surface area contributed by atoms with Crippen molar-refractivity contribution in [3.8, 4) is 0 Å². The summed E-state index contributed by atoms with van der Waals surface area (Å²) in [4.78, 5) is 18.5. The Bertz CT molecular complexity index is 573. The molecule has 1 aromatic heterocycles. The van der Waals surface area contributed by atoms with E-state index in [0.29, 0.717) is 17.0 Å². The normalized spacial score (nSPS) is 27.0. The Morgan fingerprint density at radius 1 is 1.35 bits per heavy atom. The van der Waals surface area contributed by atoms with Crippen molar-refractivity contribution >= 4 is 23.4 Å². The van der Waals surface area contributed by atoms with Crippen molar-refractivity contribution in [2.45, 2.75) is 45.3 Å². The van der Waals surface area contributed by atoms with Gasteiger partial charge in [0.25, 0.3) is 0 Å². The molecule has 2 aliphatic rings. The number of ether oxygens (including phenoxy) is 1. The number of halogens is 1. The van der Waals surface area contributed by atoms with Gasteiger partial charge in [0, 0.05) is 31.0 Å². The van der Waals surface area contributed by atoms with Crippen LogP contribution in [0.4, 0.5) is 10.5 Å². The van der Waals surface area contributed by atoms with Crippen LogP contribution in [0.2, 0.25) is 5.15 Å². The summed E-state index contributed by atoms with van der Waals surface area (Å²) in [5.74, 6) is 0.904. The summed E-state index contributed by atoms with van der Waals surface area (Å²) < 4.78 is 5.40. The average molecular weight is 338 g/mol. The Kier molecular flexibility index (Phi) is 4.41. The molecule has 0 spiro atoms. The molecule has 3 rings (SSSR count). The zero-order valence-electron chi connectivity index (χ0n) is 13.9. The van der Waals surface area contributed by atoms with Crippen LogP contribution in [0.15, 0.2) is 18.3 Å². The molecular weight excluding hydrogens is 314 g/mol. The predicted octanol–water partition coefficient (Wildman–Crippen LogP) is 3.47. The number of carbonyl (C=O) groups is 1. The van der Waals surface area contributed by atoms with Gasteiger partial charge >= 0.3 is 6.09 Å². The molecule has 1 amide bonds. The largest absolute Gasteiger partial charge is 0.444 e. The van der Waals surface area contributed by atoms with Gasteiger partial charge in [0.05, 0.1) is 0 Å². The van der Waals surface area contributed by atoms with E-state index in [4.69, 9.17) is 16.3 Å². The van der Waals surface area contributed by atoms with Crippen LogP contribution < -0.4 is 10.2 Å². The van der Waals surface area contributed by atoms with Crippen LogP contribution in [0.25, 0.3) is 0 Å². The standard InChI is InChI=1S/C17H24ClN3O2/c1-17(2,3)23-16(22)20-15-11-4-5-12(15)10-21(9-11)13-6-7-19-14(18)8-13/h6-8,11-12,15H,4-5,9-10H2,1-3H3,(H,20,22). The maximum absolute atomic E-state index is 12.1. The van der Waals surface area contributed by atoms with Crippen molar-refractivity contribution in [2.24, 2.45) is 11.8 Å². The number of hydrogen-bond acceptors (Lipinski definition) is 4. The molecule has 2 fully saturated rings. The summed E-state index contributed by atoms with van der Waals surface area (Å²) in [5.41, 5.74) is 0.648. The van der Waals surface area contributed by atoms with Gasteiger partial charge in [0.15, 0.2) is 0 Å². The predicted molar refractivity (Wildman–Crippen MR) is 90.8 cm³/mol. The Morgan fingerprint density at radius 3 is 2.57 bits per heavy atom. The van der Waals surface area contributed by atoms with Gasteiger partial charge in [0.1, 0.15) is 10.8 Å². The third-order valence-corrected chi connectivity index (χ3v) is 4.80. The number of amides is 1. The summed E-state index contributed by atoms with van der Waals surface area (Å²) in [6.07, 6.45) is 3.71. The summed E-state index contributed by atoms with van der Waals surface area (Å²) in [5, 5.41) is 3.61. The second-order valence-corrected chi connectivity index (χ2v) is 7.90. The molecular formula is C17H24ClN3O2. The third-order valence-electron chi connectivity index (χ3n) is 4.59. The maximum Gasteiger partial charge on any atom is 0.407 e. The number of alkyl carbamates (subject to hydrolysis) is 1. The molecule has 1 aliphatic carbocycles. The van der Waals surface area contributed by atoms with Crippen molar-refractivity contribution in [1.82, 2.24) is 10.3 Å². The number of anilines is 1. The lowest BCUT2D eigenvalue weighted by molar-refractivity contribution is 0.0472. The smallest absolute Gasteiger partial charge is 0.407 e. The summed E-state index contributed by atoms with van der Waals surface area (Å²) in [6, 6.07) is 4.11. The molecule has 126 valence electrons. The van der Waals surface area contributed by atoms with E-state index >= 15 is 0 Å². The van der Waals surface area contributed by atoms with E-state index in [1.807, 2.05) is 32.9 Å². The van der Waals surface area contributed by atoms with Crippen LogP contribution in [-0.4, -0.2) is 35.8 Å². The molecule has 2 unspecified atom stereocenters. The van der Waals surface area contributed by atoms with Crippen LogP contribution >= 0.6 is 11.6 Å². The minimum absolute atomic E-state index is 0.207. The Morgan fingerprint density at radius 2 is 2.00 bits per heavy atom. The second-order valence-electron chi connectivity index (χ2n) is 7.51. The molecule has 5 nitrogen and oxygen atoms in total. The summed E-state index contributed by atoms with van der Waals surface area (Å²) >= 11 is 6.00. The molecule has 2 bridgehead atoms. The highest BCUT2D eigenvalue weighted by Gasteiger charge is 2.43. The first-order valence-electron chi connectivity index (χ1n) is 8.18. The first-order valence-corrected chi connectivity index (χ1v) is 8.55. The quantitative estimate of drug-likeness (QED) is 0.839. The van der Waals surface area contributed by atoms with Crippen LogP contribution in [0.5, 0.6) is 0 Å². The molecule has 1 saturated carbocycles. The Hall–Kier alpha value is -1.49. The SMILES string of the molecule is CC(C)(C)OC(=O)NC1C2CCC1CN(c1ccnc(Cl)c1)C2. The van der Waals surface area contributed by atoms with Crippen molar-refractivity contribution in [3.63, 3.8) is 0 Å². The maximum atomic E-state index is 12.1. The number of aromatic nitrogens is 1. The lowest BCUT2D eigenvalue weighted by Gasteiger charge is -2.39. The van der Waals surface area contributed by atoms with E-state index in [9.17, 15) is 4.79 Å². The summed E-state index contributed by atoms with van der Waals surface area (Å²) in [6.45, 7) is 7.51. The van der Waals surface area contributed by atoms with E-state index in [-0.39, 0.29) is 12.1 Å². The van der Waals surface area contributed by atoms with Crippen molar-refractivity contribution in [2.75, 3.05) is 18.0 Å². The van der Waals surface area contributed by atoms with E-state index in [2.05, 4.69) is 15.2 Å². The number of pyridine rings is 1. The molecule has 2 heterocycles. The van der Waals surface area contributed by atoms with E-state index < -0.39 is 5.60 Å². The van der Waals surface area contributed by atoms with Gasteiger partial charge in [-0.15, -0.1) is 0 Å². The van der Waals surface area contributed by atoms with Gasteiger partial charge in [-0.1, -0.05) is 11.6 Å². The van der Waals surface area contributed by atoms with E-state index in [0.717, 1.165) is 31.6 Å². The fourth-order valence-corrected chi connectivity index (χ4v) is 3.87. The Balaban J connectivity index is 1.64. The summed E-state index contributed by atoms with van der Waals surface area (Å²) in [7, 11) is 0. The number of carbonyl (C=O) groups excluding carboxylic acids is 1. The molecule has 0 radical (unpaired) electrons. The van der Waals surface area contributed by atoms with Crippen molar-refractivity contribution in [1.29, 1.82) is 0 Å². The van der Waals surface area contributed by atoms with Crippen LogP contribution in [0, 0.1) is 11.8 Å². The molecule has 2 atom stereocenters. The minimum Gasteiger partial charge on any atom is -0.444 e. The lowest BCUT2D eigenvalue weighted by Crippen LogP contribution is -2.53. The first-order chi connectivity index (χ1) is 10.8. The minimum atomic E-state index is -0.461. The van der Waals surface area contributed by atoms with Gasteiger partial charge < -0.3 is 15.0 Å². The van der Waals surface area contributed by atoms with Gasteiger partial charge in [-0.2, -0.15) is 0 Å². The number of fused-ring (bicyclic) bond motifs is 2. The number of nitrogens with zero attached hydrogens (tertiary/aromatic N) is 2. The van der Waals surface area contributed by atoms with Gasteiger partial charge in [-0.05, 0) is 57.6 Å². The molecule has 1 N–H and O–H groups in total. The number of rotatable bonds is 2. The molecule has 23 heavy (non-hydrogen) atoms. The zero-order chi connectivity index (χ0) is 16.6. The van der Waals surface area contributed by atoms with Crippen molar-refractivity contribution < 1.29 is 9.53 Å². The fraction of sp³-hybridized carbons (Fsp3) is 0.647. The highest BCUT2D eigenvalue weighted by atomic mass is 35.5. The number of piperidine rings is 1. The van der Waals surface area contributed by atoms with Crippen LogP contribution in [0.1, 0.15) is 33.6 Å². The van der Waals surface area contributed by atoms with Crippen molar-refractivity contribution in [3.05, 3.63) is 23.5 Å². The highest BCUT2D eigenvalue weighted by molar-refractivity contribution is 6.29. The average Bonchev–Trinajstić information content (AvgIpc) is 2.68. The zero-order valence-corrected chi connectivity index (χ0v) is 14.6. The molecule has 1 aliphatic heterocycles. The third kappa shape index (κ3) is 3.89. The first kappa shape index (κ1) is 16.4. The topological polar surface area (TPSA) is 54.5 Å². The van der Waals surface area contributed by atoms with Gasteiger partial charge in [0.2, 0.25) is 0 Å². The molecule has 1 saturated heterocycles. The number of hydrogen-bond donors (Lipinski definition) is 1. The fourth-order valence-electron chi connectivity index (χ4n) is 3.70. The van der Waals surface area contributed by atoms with E-state index in [1.54, 1.807) is 6.20 Å². The van der Waals surface area contributed by atoms with Crippen LogP contribution in [-0.2, 0) is 4.74 Å². The Labute approximate surface area is 142 Å². The second kappa shape index (κ2) is 6.19. The molecule has 1 aromatic rings.